The van der Waals surface area contributed by atoms with Gasteiger partial charge >= 0.3 is 0 Å². The zero-order valence-electron chi connectivity index (χ0n) is 10.1. The minimum atomic E-state index is -0.298. The molecule has 0 saturated carbocycles. The van der Waals surface area contributed by atoms with Crippen LogP contribution in [-0.2, 0) is 11.2 Å². The number of rotatable bonds is 4. The second-order valence-corrected chi connectivity index (χ2v) is 4.80. The van der Waals surface area contributed by atoms with Gasteiger partial charge in [0, 0.05) is 13.2 Å². The van der Waals surface area contributed by atoms with Gasteiger partial charge in [0.25, 0.3) is 0 Å². The number of halogens is 1. The fourth-order valence-corrected chi connectivity index (χ4v) is 2.36. The molecule has 1 fully saturated rings. The van der Waals surface area contributed by atoms with Crippen molar-refractivity contribution in [2.75, 3.05) is 18.9 Å². The van der Waals surface area contributed by atoms with Crippen LogP contribution in [0.1, 0.15) is 31.2 Å². The second kappa shape index (κ2) is 6.01. The van der Waals surface area contributed by atoms with E-state index in [4.69, 9.17) is 10.5 Å². The lowest BCUT2D eigenvalue weighted by Gasteiger charge is -2.21. The fraction of sp³-hybridized carbons (Fsp3) is 0.571. The summed E-state index contributed by atoms with van der Waals surface area (Å²) in [6.07, 6.45) is 5.63. The van der Waals surface area contributed by atoms with Gasteiger partial charge in [0.2, 0.25) is 0 Å². The van der Waals surface area contributed by atoms with Crippen LogP contribution >= 0.6 is 0 Å². The quantitative estimate of drug-likeness (QED) is 0.816. The average Bonchev–Trinajstić information content (AvgIpc) is 2.35. The van der Waals surface area contributed by atoms with E-state index in [9.17, 15) is 4.39 Å². The molecule has 2 rings (SSSR count). The summed E-state index contributed by atoms with van der Waals surface area (Å²) >= 11 is 0. The molecule has 0 bridgehead atoms. The van der Waals surface area contributed by atoms with Gasteiger partial charge in [-0.05, 0) is 55.7 Å². The van der Waals surface area contributed by atoms with Crippen molar-refractivity contribution in [1.29, 1.82) is 0 Å². The Balaban J connectivity index is 1.75. The maximum Gasteiger partial charge on any atom is 0.146 e. The molecule has 1 aliphatic rings. The fourth-order valence-electron chi connectivity index (χ4n) is 2.36. The molecule has 0 amide bonds. The number of nitrogen functional groups attached to an aromatic ring is 1. The third kappa shape index (κ3) is 3.70. The maximum absolute atomic E-state index is 13.2. The summed E-state index contributed by atoms with van der Waals surface area (Å²) in [6, 6.07) is 5.13. The summed E-state index contributed by atoms with van der Waals surface area (Å²) in [7, 11) is 0. The Kier molecular flexibility index (Phi) is 4.37. The molecular weight excluding hydrogens is 217 g/mol. The number of hydrogen-bond donors (Lipinski definition) is 1. The van der Waals surface area contributed by atoms with Crippen LogP contribution in [0, 0.1) is 11.7 Å². The van der Waals surface area contributed by atoms with Gasteiger partial charge in [-0.3, -0.25) is 0 Å². The summed E-state index contributed by atoms with van der Waals surface area (Å²) in [5.74, 6) is 0.496. The average molecular weight is 237 g/mol. The Hall–Kier alpha value is -1.09. The lowest BCUT2D eigenvalue weighted by molar-refractivity contribution is 0.0633. The van der Waals surface area contributed by atoms with Crippen molar-refractivity contribution < 1.29 is 9.13 Å². The number of hydrogen-bond acceptors (Lipinski definition) is 2. The molecule has 2 nitrogen and oxygen atoms in total. The van der Waals surface area contributed by atoms with Crippen molar-refractivity contribution in [3.05, 3.63) is 29.6 Å². The topological polar surface area (TPSA) is 35.2 Å². The molecule has 0 unspecified atom stereocenters. The van der Waals surface area contributed by atoms with Crippen LogP contribution in [0.25, 0.3) is 0 Å². The van der Waals surface area contributed by atoms with Crippen LogP contribution in [0.5, 0.6) is 0 Å². The van der Waals surface area contributed by atoms with E-state index in [0.29, 0.717) is 0 Å². The van der Waals surface area contributed by atoms with Gasteiger partial charge in [-0.2, -0.15) is 0 Å². The standard InChI is InChI=1S/C14H20FNO/c15-13-10-12(4-5-14(13)16)3-1-2-11-6-8-17-9-7-11/h4-5,10-11H,1-3,6-9,16H2. The molecule has 0 aromatic heterocycles. The summed E-state index contributed by atoms with van der Waals surface area (Å²) in [5.41, 5.74) is 6.72. The summed E-state index contributed by atoms with van der Waals surface area (Å²) in [6.45, 7) is 1.81. The molecule has 1 aromatic rings. The highest BCUT2D eigenvalue weighted by molar-refractivity contribution is 5.41. The molecule has 1 saturated heterocycles. The predicted octanol–water partition coefficient (Wildman–Crippen LogP) is 3.16. The lowest BCUT2D eigenvalue weighted by atomic mass is 9.93. The van der Waals surface area contributed by atoms with Crippen LogP contribution in [0.3, 0.4) is 0 Å². The molecule has 0 atom stereocenters. The van der Waals surface area contributed by atoms with Crippen molar-refractivity contribution in [2.45, 2.75) is 32.1 Å². The first kappa shape index (κ1) is 12.4. The Morgan fingerprint density at radius 2 is 2.06 bits per heavy atom. The molecule has 0 radical (unpaired) electrons. The second-order valence-electron chi connectivity index (χ2n) is 4.80. The minimum Gasteiger partial charge on any atom is -0.396 e. The third-order valence-corrected chi connectivity index (χ3v) is 3.48. The van der Waals surface area contributed by atoms with Crippen LogP contribution in [0.15, 0.2) is 18.2 Å². The summed E-state index contributed by atoms with van der Waals surface area (Å²) in [4.78, 5) is 0. The van der Waals surface area contributed by atoms with Crippen molar-refractivity contribution in [3.63, 3.8) is 0 Å². The van der Waals surface area contributed by atoms with Crippen LogP contribution in [-0.4, -0.2) is 13.2 Å². The third-order valence-electron chi connectivity index (χ3n) is 3.48. The van der Waals surface area contributed by atoms with Crippen molar-refractivity contribution >= 4 is 5.69 Å². The Morgan fingerprint density at radius 3 is 2.76 bits per heavy atom. The van der Waals surface area contributed by atoms with E-state index in [1.165, 1.54) is 19.3 Å². The van der Waals surface area contributed by atoms with E-state index in [1.807, 2.05) is 6.07 Å². The Bertz CT molecular complexity index is 361. The highest BCUT2D eigenvalue weighted by atomic mass is 19.1. The van der Waals surface area contributed by atoms with Crippen LogP contribution in [0.4, 0.5) is 10.1 Å². The minimum absolute atomic E-state index is 0.234. The number of nitrogens with two attached hydrogens (primary N) is 1. The molecule has 94 valence electrons. The zero-order valence-corrected chi connectivity index (χ0v) is 10.1. The zero-order chi connectivity index (χ0) is 12.1. The smallest absolute Gasteiger partial charge is 0.146 e. The van der Waals surface area contributed by atoms with Crippen molar-refractivity contribution in [2.24, 2.45) is 5.92 Å². The van der Waals surface area contributed by atoms with E-state index in [0.717, 1.165) is 37.5 Å². The number of aryl methyl sites for hydroxylation is 1. The summed E-state index contributed by atoms with van der Waals surface area (Å²) < 4.78 is 18.5. The molecule has 0 aliphatic carbocycles. The normalized spacial score (nSPS) is 17.2. The van der Waals surface area contributed by atoms with Gasteiger partial charge in [-0.15, -0.1) is 0 Å². The van der Waals surface area contributed by atoms with Crippen molar-refractivity contribution in [1.82, 2.24) is 0 Å². The monoisotopic (exact) mass is 237 g/mol. The van der Waals surface area contributed by atoms with Gasteiger partial charge < -0.3 is 10.5 Å². The number of anilines is 1. The van der Waals surface area contributed by atoms with E-state index >= 15 is 0 Å². The number of benzene rings is 1. The summed E-state index contributed by atoms with van der Waals surface area (Å²) in [5, 5.41) is 0. The lowest BCUT2D eigenvalue weighted by Crippen LogP contribution is -2.15. The van der Waals surface area contributed by atoms with Gasteiger partial charge in [0.05, 0.1) is 5.69 Å². The first-order valence-electron chi connectivity index (χ1n) is 6.37. The van der Waals surface area contributed by atoms with Gasteiger partial charge in [-0.25, -0.2) is 4.39 Å². The van der Waals surface area contributed by atoms with E-state index in [1.54, 1.807) is 12.1 Å². The van der Waals surface area contributed by atoms with E-state index in [2.05, 4.69) is 0 Å². The molecule has 3 heteroatoms. The molecule has 2 N–H and O–H groups in total. The number of ether oxygens (including phenoxy) is 1. The Labute approximate surface area is 102 Å². The first-order valence-corrected chi connectivity index (χ1v) is 6.37. The maximum atomic E-state index is 13.2. The first-order chi connectivity index (χ1) is 8.25. The van der Waals surface area contributed by atoms with Gasteiger partial charge in [0.15, 0.2) is 0 Å². The van der Waals surface area contributed by atoms with E-state index < -0.39 is 0 Å². The van der Waals surface area contributed by atoms with Gasteiger partial charge in [0.1, 0.15) is 5.82 Å². The Morgan fingerprint density at radius 1 is 1.29 bits per heavy atom. The van der Waals surface area contributed by atoms with Crippen LogP contribution < -0.4 is 5.73 Å². The molecular formula is C14H20FNO. The molecule has 1 aliphatic heterocycles. The largest absolute Gasteiger partial charge is 0.396 e. The van der Waals surface area contributed by atoms with Gasteiger partial charge in [-0.1, -0.05) is 6.07 Å². The molecule has 1 heterocycles. The van der Waals surface area contributed by atoms with E-state index in [-0.39, 0.29) is 11.5 Å². The molecule has 0 spiro atoms. The predicted molar refractivity (Wildman–Crippen MR) is 67.3 cm³/mol. The van der Waals surface area contributed by atoms with Crippen LogP contribution in [0.2, 0.25) is 0 Å². The molecule has 17 heavy (non-hydrogen) atoms. The molecule has 1 aromatic carbocycles. The highest BCUT2D eigenvalue weighted by Crippen LogP contribution is 2.21. The SMILES string of the molecule is Nc1ccc(CCCC2CCOCC2)cc1F. The highest BCUT2D eigenvalue weighted by Gasteiger charge is 2.13. The van der Waals surface area contributed by atoms with Crippen molar-refractivity contribution in [3.8, 4) is 0 Å².